The smallest absolute Gasteiger partial charge is 0.324 e. The molecule has 1 aliphatic heterocycles. The second-order valence-electron chi connectivity index (χ2n) is 12.6. The van der Waals surface area contributed by atoms with Gasteiger partial charge >= 0.3 is 6.18 Å². The third-order valence-electron chi connectivity index (χ3n) is 9.26. The molecule has 6 rings (SSSR count). The Morgan fingerprint density at radius 2 is 1.62 bits per heavy atom. The highest BCUT2D eigenvalue weighted by Crippen LogP contribution is 2.53. The van der Waals surface area contributed by atoms with Crippen LogP contribution >= 0.6 is 0 Å². The average Bonchev–Trinajstić information content (AvgIpc) is 3.71. The molecule has 1 saturated carbocycles. The normalized spacial score (nSPS) is 20.1. The lowest BCUT2D eigenvalue weighted by Crippen LogP contribution is -2.56. The number of anilines is 1. The van der Waals surface area contributed by atoms with Crippen LogP contribution in [0.2, 0.25) is 0 Å². The Morgan fingerprint density at radius 3 is 2.28 bits per heavy atom. The van der Waals surface area contributed by atoms with Crippen molar-refractivity contribution in [2.24, 2.45) is 5.92 Å². The van der Waals surface area contributed by atoms with Crippen LogP contribution in [0.25, 0.3) is 0 Å². The predicted octanol–water partition coefficient (Wildman–Crippen LogP) is 6.55. The predicted molar refractivity (Wildman–Crippen MR) is 170 cm³/mol. The fraction of sp³-hybridized carbons (Fsp3) is 0.314. The molecule has 1 amide bonds. The van der Waals surface area contributed by atoms with Crippen molar-refractivity contribution >= 4 is 21.6 Å². The number of carbonyl (C=O) groups is 1. The number of nitrogens with one attached hydrogen (secondary N) is 2. The molecule has 3 aromatic carbocycles. The van der Waals surface area contributed by atoms with Gasteiger partial charge in [0.2, 0.25) is 15.9 Å². The number of piperazine rings is 1. The fourth-order valence-electron chi connectivity index (χ4n) is 6.75. The van der Waals surface area contributed by atoms with Crippen molar-refractivity contribution in [2.75, 3.05) is 25.0 Å². The van der Waals surface area contributed by atoms with Crippen LogP contribution in [0, 0.1) is 29.2 Å². The molecule has 1 saturated heterocycles. The average molecular weight is 721 g/mol. The molecule has 1 aliphatic carbocycles. The summed E-state index contributed by atoms with van der Waals surface area (Å²) in [5.41, 5.74) is -0.977. The summed E-state index contributed by atoms with van der Waals surface area (Å²) in [6.45, 7) is 0.714. The molecule has 0 unspecified atom stereocenters. The quantitative estimate of drug-likeness (QED) is 0.182. The van der Waals surface area contributed by atoms with Gasteiger partial charge in [0.05, 0.1) is 34.9 Å². The van der Waals surface area contributed by atoms with Crippen molar-refractivity contribution in [3.63, 3.8) is 0 Å². The van der Waals surface area contributed by atoms with E-state index in [0.29, 0.717) is 24.6 Å². The van der Waals surface area contributed by atoms with E-state index in [-0.39, 0.29) is 54.2 Å². The van der Waals surface area contributed by atoms with Crippen molar-refractivity contribution in [1.29, 1.82) is 0 Å². The molecule has 1 aromatic heterocycles. The summed E-state index contributed by atoms with van der Waals surface area (Å²) in [7, 11) is -4.01. The van der Waals surface area contributed by atoms with Gasteiger partial charge in [-0.25, -0.2) is 26.0 Å². The van der Waals surface area contributed by atoms with Crippen LogP contribution in [0.4, 0.5) is 36.4 Å². The molecule has 2 aliphatic rings. The number of halogens is 7. The van der Waals surface area contributed by atoms with Gasteiger partial charge < -0.3 is 10.6 Å². The van der Waals surface area contributed by atoms with E-state index >= 15 is 4.39 Å². The molecular formula is C35H31F7N4O3S. The summed E-state index contributed by atoms with van der Waals surface area (Å²) in [5.74, 6) is -5.46. The molecular weight excluding hydrogens is 689 g/mol. The summed E-state index contributed by atoms with van der Waals surface area (Å²) in [4.78, 5) is 17.3. The van der Waals surface area contributed by atoms with Gasteiger partial charge in [-0.1, -0.05) is 24.3 Å². The Bertz CT molecular complexity index is 1970. The molecule has 4 aromatic rings. The molecule has 2 N–H and O–H groups in total. The second kappa shape index (κ2) is 13.8. The van der Waals surface area contributed by atoms with Crippen LogP contribution < -0.4 is 10.6 Å². The minimum Gasteiger partial charge on any atom is -0.324 e. The molecule has 0 bridgehead atoms. The maximum atomic E-state index is 15.3. The van der Waals surface area contributed by atoms with Crippen molar-refractivity contribution in [2.45, 2.75) is 42.6 Å². The van der Waals surface area contributed by atoms with Gasteiger partial charge in [0.25, 0.3) is 0 Å². The molecule has 7 nitrogen and oxygen atoms in total. The Labute approximate surface area is 283 Å². The van der Waals surface area contributed by atoms with Gasteiger partial charge in [0.1, 0.15) is 23.3 Å². The lowest BCUT2D eigenvalue weighted by atomic mass is 9.88. The number of alkyl halides is 3. The number of aromatic nitrogens is 1. The first-order valence-electron chi connectivity index (χ1n) is 15.7. The topological polar surface area (TPSA) is 91.4 Å². The van der Waals surface area contributed by atoms with Gasteiger partial charge in [-0.3, -0.25) is 9.78 Å². The van der Waals surface area contributed by atoms with Gasteiger partial charge in [-0.05, 0) is 71.8 Å². The number of rotatable bonds is 10. The van der Waals surface area contributed by atoms with Crippen molar-refractivity contribution in [1.82, 2.24) is 14.6 Å². The molecule has 15 heteroatoms. The van der Waals surface area contributed by atoms with Gasteiger partial charge in [0.15, 0.2) is 0 Å². The van der Waals surface area contributed by atoms with E-state index in [1.165, 1.54) is 22.6 Å². The molecule has 2 fully saturated rings. The van der Waals surface area contributed by atoms with E-state index in [4.69, 9.17) is 0 Å². The highest BCUT2D eigenvalue weighted by atomic mass is 32.2. The van der Waals surface area contributed by atoms with E-state index in [2.05, 4.69) is 15.6 Å². The molecule has 50 heavy (non-hydrogen) atoms. The Hall–Kier alpha value is -4.34. The number of pyridine rings is 1. The maximum Gasteiger partial charge on any atom is 0.416 e. The number of hydrogen-bond donors (Lipinski definition) is 2. The summed E-state index contributed by atoms with van der Waals surface area (Å²) in [5, 5.41) is 5.83. The number of nitrogens with zero attached hydrogens (tertiary/aromatic N) is 2. The molecule has 264 valence electrons. The van der Waals surface area contributed by atoms with Gasteiger partial charge in [-0.15, -0.1) is 0 Å². The van der Waals surface area contributed by atoms with Crippen LogP contribution in [0.15, 0.2) is 79.1 Å². The number of sulfonamides is 1. The third kappa shape index (κ3) is 7.69. The first-order valence-corrected chi connectivity index (χ1v) is 17.3. The second-order valence-corrected chi connectivity index (χ2v) is 14.5. The van der Waals surface area contributed by atoms with Crippen LogP contribution in [0.3, 0.4) is 0 Å². The number of hydrogen-bond acceptors (Lipinski definition) is 5. The van der Waals surface area contributed by atoms with Crippen LogP contribution in [0.1, 0.15) is 46.6 Å². The number of amides is 1. The highest BCUT2D eigenvalue weighted by Gasteiger charge is 2.62. The first kappa shape index (κ1) is 35.5. The van der Waals surface area contributed by atoms with E-state index in [0.717, 1.165) is 54.7 Å². The molecule has 2 heterocycles. The standard InChI is InChI=1S/C35H31F7N4O3S/c36-26-7-3-22(4-8-26)29(23-11-27(37)14-28(38)12-23)15-33(47)45-32-18-44-17-31(39)30(32)13-25-16-34(25)20-43-9-10-46(34)50(48,49)19-21-1-5-24(6-2-21)35(40,41)42/h1-8,11-12,14,17-18,25,29,43H,9-10,13,15-16,19-20H2,(H,45,47)/t25-,29+,34+/m1/s1. The molecule has 1 spiro atoms. The summed E-state index contributed by atoms with van der Waals surface area (Å²) < 4.78 is 125. The maximum absolute atomic E-state index is 15.3. The lowest BCUT2D eigenvalue weighted by molar-refractivity contribution is -0.137. The van der Waals surface area contributed by atoms with E-state index in [1.54, 1.807) is 0 Å². The minimum absolute atomic E-state index is 0.0223. The number of benzene rings is 3. The lowest BCUT2D eigenvalue weighted by Gasteiger charge is -2.37. The highest BCUT2D eigenvalue weighted by molar-refractivity contribution is 7.88. The summed E-state index contributed by atoms with van der Waals surface area (Å²) in [6.07, 6.45) is -2.31. The van der Waals surface area contributed by atoms with Crippen molar-refractivity contribution in [3.8, 4) is 0 Å². The van der Waals surface area contributed by atoms with Gasteiger partial charge in [-0.2, -0.15) is 17.5 Å². The molecule has 0 radical (unpaired) electrons. The van der Waals surface area contributed by atoms with Crippen molar-refractivity contribution < 1.29 is 43.9 Å². The Balaban J connectivity index is 1.20. The third-order valence-corrected chi connectivity index (χ3v) is 11.2. The van der Waals surface area contributed by atoms with E-state index in [9.17, 15) is 39.6 Å². The fourth-order valence-corrected chi connectivity index (χ4v) is 8.73. The Kier molecular flexibility index (Phi) is 9.76. The zero-order valence-electron chi connectivity index (χ0n) is 26.3. The van der Waals surface area contributed by atoms with Crippen LogP contribution in [0.5, 0.6) is 0 Å². The van der Waals surface area contributed by atoms with E-state index in [1.807, 2.05) is 0 Å². The van der Waals surface area contributed by atoms with Crippen LogP contribution in [-0.4, -0.2) is 48.8 Å². The van der Waals surface area contributed by atoms with Crippen LogP contribution in [-0.2, 0) is 33.2 Å². The summed E-state index contributed by atoms with van der Waals surface area (Å²) >= 11 is 0. The minimum atomic E-state index is -4.56. The zero-order chi connectivity index (χ0) is 35.8. The summed E-state index contributed by atoms with van der Waals surface area (Å²) in [6, 6.07) is 11.9. The van der Waals surface area contributed by atoms with E-state index < -0.39 is 68.1 Å². The monoisotopic (exact) mass is 720 g/mol. The molecule has 3 atom stereocenters. The number of carbonyl (C=O) groups excluding carboxylic acids is 1. The first-order chi connectivity index (χ1) is 23.6. The largest absolute Gasteiger partial charge is 0.416 e. The zero-order valence-corrected chi connectivity index (χ0v) is 27.1. The van der Waals surface area contributed by atoms with Crippen molar-refractivity contribution in [3.05, 3.63) is 130 Å². The SMILES string of the molecule is O=C(C[C@@H](c1ccc(F)cc1)c1cc(F)cc(F)c1)Nc1cncc(F)c1C[C@@H]1C[C@]12CNCCN2S(=O)(=O)Cc1ccc(C(F)(F)F)cc1. The Morgan fingerprint density at radius 1 is 0.940 bits per heavy atom. The van der Waals surface area contributed by atoms with Gasteiger partial charge in [0, 0.05) is 43.6 Å².